The maximum Gasteiger partial charge on any atom is 0.330 e. The van der Waals surface area contributed by atoms with Crippen LogP contribution in [0.1, 0.15) is 27.7 Å². The van der Waals surface area contributed by atoms with Crippen LogP contribution in [0.15, 0.2) is 24.3 Å². The molecule has 4 nitrogen and oxygen atoms in total. The average Bonchev–Trinajstić information content (AvgIpc) is 3.14. The molecular formula is C16H23NO3. The molecule has 1 aliphatic rings. The predicted molar refractivity (Wildman–Crippen MR) is 79.1 cm³/mol. The van der Waals surface area contributed by atoms with Gasteiger partial charge in [0, 0.05) is 5.69 Å². The maximum atomic E-state index is 12.1. The van der Waals surface area contributed by atoms with Crippen molar-refractivity contribution in [3.8, 4) is 5.75 Å². The van der Waals surface area contributed by atoms with E-state index in [1.54, 1.807) is 7.11 Å². The van der Waals surface area contributed by atoms with Crippen LogP contribution in [-0.2, 0) is 9.53 Å². The van der Waals surface area contributed by atoms with Gasteiger partial charge in [-0.25, -0.2) is 4.79 Å². The number of hydrogen-bond acceptors (Lipinski definition) is 4. The normalized spacial score (nSPS) is 21.6. The summed E-state index contributed by atoms with van der Waals surface area (Å²) in [5, 5.41) is 0. The van der Waals surface area contributed by atoms with Crippen LogP contribution in [0.4, 0.5) is 5.69 Å². The van der Waals surface area contributed by atoms with E-state index < -0.39 is 0 Å². The van der Waals surface area contributed by atoms with E-state index in [1.807, 2.05) is 31.2 Å². The van der Waals surface area contributed by atoms with Crippen LogP contribution in [0.3, 0.4) is 0 Å². The first kappa shape index (κ1) is 14.7. The zero-order valence-electron chi connectivity index (χ0n) is 12.8. The molecule has 1 aliphatic heterocycles. The third-order valence-electron chi connectivity index (χ3n) is 3.59. The molecule has 0 saturated carbocycles. The van der Waals surface area contributed by atoms with Gasteiger partial charge in [0.15, 0.2) is 0 Å². The van der Waals surface area contributed by atoms with Crippen molar-refractivity contribution in [3.63, 3.8) is 0 Å². The van der Waals surface area contributed by atoms with Crippen molar-refractivity contribution in [2.24, 2.45) is 5.41 Å². The van der Waals surface area contributed by atoms with Crippen molar-refractivity contribution in [1.29, 1.82) is 0 Å². The predicted octanol–water partition coefficient (Wildman–Crippen LogP) is 2.86. The Labute approximate surface area is 120 Å². The largest absolute Gasteiger partial charge is 0.497 e. The number of anilines is 1. The smallest absolute Gasteiger partial charge is 0.330 e. The molecule has 0 N–H and O–H groups in total. The number of nitrogens with zero attached hydrogens (tertiary/aromatic N) is 1. The van der Waals surface area contributed by atoms with Crippen molar-refractivity contribution < 1.29 is 14.3 Å². The van der Waals surface area contributed by atoms with E-state index in [0.717, 1.165) is 11.4 Å². The summed E-state index contributed by atoms with van der Waals surface area (Å²) in [4.78, 5) is 14.2. The highest BCUT2D eigenvalue weighted by Gasteiger charge is 2.58. The molecule has 0 aromatic heterocycles. The molecule has 1 saturated heterocycles. The van der Waals surface area contributed by atoms with Gasteiger partial charge < -0.3 is 14.4 Å². The lowest BCUT2D eigenvalue weighted by Gasteiger charge is -2.18. The second-order valence-corrected chi connectivity index (χ2v) is 6.11. The van der Waals surface area contributed by atoms with E-state index in [1.165, 1.54) is 0 Å². The fourth-order valence-electron chi connectivity index (χ4n) is 2.67. The van der Waals surface area contributed by atoms with Crippen LogP contribution in [-0.4, -0.2) is 31.8 Å². The monoisotopic (exact) mass is 277 g/mol. The van der Waals surface area contributed by atoms with Gasteiger partial charge in [0.1, 0.15) is 11.8 Å². The average molecular weight is 277 g/mol. The molecule has 1 fully saturated rings. The number of benzene rings is 1. The van der Waals surface area contributed by atoms with Gasteiger partial charge in [0.2, 0.25) is 0 Å². The molecule has 1 heterocycles. The van der Waals surface area contributed by atoms with Crippen LogP contribution < -0.4 is 9.64 Å². The Morgan fingerprint density at radius 2 is 1.85 bits per heavy atom. The number of carbonyl (C=O) groups excluding carboxylic acids is 1. The summed E-state index contributed by atoms with van der Waals surface area (Å²) in [6.07, 6.45) is 0. The number of hydrogen-bond donors (Lipinski definition) is 0. The van der Waals surface area contributed by atoms with Gasteiger partial charge in [-0.3, -0.25) is 0 Å². The van der Waals surface area contributed by atoms with Crippen LogP contribution in [0, 0.1) is 5.41 Å². The number of methoxy groups -OCH3 is 1. The molecule has 20 heavy (non-hydrogen) atoms. The van der Waals surface area contributed by atoms with Crippen molar-refractivity contribution in [2.75, 3.05) is 18.6 Å². The minimum absolute atomic E-state index is 0.0252. The molecule has 2 atom stereocenters. The number of ether oxygens (including phenoxy) is 2. The summed E-state index contributed by atoms with van der Waals surface area (Å²) >= 11 is 0. The van der Waals surface area contributed by atoms with Crippen LogP contribution in [0.2, 0.25) is 0 Å². The Kier molecular flexibility index (Phi) is 3.93. The summed E-state index contributed by atoms with van der Waals surface area (Å²) < 4.78 is 10.3. The molecule has 0 radical (unpaired) electrons. The van der Waals surface area contributed by atoms with E-state index in [-0.39, 0.29) is 23.5 Å². The molecule has 0 bridgehead atoms. The van der Waals surface area contributed by atoms with Gasteiger partial charge in [-0.2, -0.15) is 0 Å². The second kappa shape index (κ2) is 5.35. The molecule has 0 amide bonds. The zero-order valence-corrected chi connectivity index (χ0v) is 12.8. The quantitative estimate of drug-likeness (QED) is 0.626. The molecule has 2 rings (SSSR count). The Bertz CT molecular complexity index is 475. The summed E-state index contributed by atoms with van der Waals surface area (Å²) in [6, 6.07) is 7.79. The minimum atomic E-state index is -0.177. The van der Waals surface area contributed by atoms with Gasteiger partial charge in [0.25, 0.3) is 0 Å². The van der Waals surface area contributed by atoms with Gasteiger partial charge in [-0.05, 0) is 36.6 Å². The lowest BCUT2D eigenvalue weighted by atomic mass is 9.90. The minimum Gasteiger partial charge on any atom is -0.497 e. The van der Waals surface area contributed by atoms with E-state index in [9.17, 15) is 4.79 Å². The van der Waals surface area contributed by atoms with E-state index >= 15 is 0 Å². The van der Waals surface area contributed by atoms with Crippen molar-refractivity contribution >= 4 is 11.7 Å². The standard InChI is InChI=1S/C16H23NO3/c1-6-20-15(18)13-14(16(2,3)4)17(13)11-7-9-12(19-5)10-8-11/h7-10,13-14H,6H2,1-5H3/t13-,14+,17?/m0/s1. The van der Waals surface area contributed by atoms with Gasteiger partial charge >= 0.3 is 5.97 Å². The number of esters is 1. The molecule has 110 valence electrons. The van der Waals surface area contributed by atoms with E-state index in [4.69, 9.17) is 9.47 Å². The van der Waals surface area contributed by atoms with Gasteiger partial charge in [-0.15, -0.1) is 0 Å². The Hall–Kier alpha value is -1.71. The Balaban J connectivity index is 2.21. The van der Waals surface area contributed by atoms with Crippen LogP contribution in [0.25, 0.3) is 0 Å². The number of carbonyl (C=O) groups is 1. The lowest BCUT2D eigenvalue weighted by Crippen LogP contribution is -2.22. The second-order valence-electron chi connectivity index (χ2n) is 6.11. The maximum absolute atomic E-state index is 12.1. The Morgan fingerprint density at radius 1 is 1.25 bits per heavy atom. The third kappa shape index (κ3) is 2.74. The summed E-state index contributed by atoms with van der Waals surface area (Å²) in [5.41, 5.74) is 1.06. The molecule has 1 aromatic carbocycles. The first-order chi connectivity index (χ1) is 9.40. The first-order valence-corrected chi connectivity index (χ1v) is 6.99. The van der Waals surface area contributed by atoms with Gasteiger partial charge in [-0.1, -0.05) is 20.8 Å². The van der Waals surface area contributed by atoms with Crippen LogP contribution >= 0.6 is 0 Å². The fourth-order valence-corrected chi connectivity index (χ4v) is 2.67. The van der Waals surface area contributed by atoms with Gasteiger partial charge in [0.05, 0.1) is 19.8 Å². The zero-order chi connectivity index (χ0) is 14.9. The van der Waals surface area contributed by atoms with Crippen molar-refractivity contribution in [3.05, 3.63) is 24.3 Å². The topological polar surface area (TPSA) is 38.5 Å². The molecule has 0 unspecified atom stereocenters. The lowest BCUT2D eigenvalue weighted by molar-refractivity contribution is -0.142. The summed E-state index contributed by atoms with van der Waals surface area (Å²) in [5.74, 6) is 0.679. The molecular weight excluding hydrogens is 254 g/mol. The fraction of sp³-hybridized carbons (Fsp3) is 0.562. The molecule has 4 heteroatoms. The summed E-state index contributed by atoms with van der Waals surface area (Å²) in [7, 11) is 1.64. The summed E-state index contributed by atoms with van der Waals surface area (Å²) in [6.45, 7) is 8.70. The number of rotatable bonds is 4. The SMILES string of the molecule is CCOC(=O)[C@@H]1[C@H](C(C)(C)C)N1c1ccc(OC)cc1. The van der Waals surface area contributed by atoms with Crippen LogP contribution in [0.5, 0.6) is 5.75 Å². The highest BCUT2D eigenvalue weighted by Crippen LogP contribution is 2.45. The molecule has 0 spiro atoms. The molecule has 1 aromatic rings. The van der Waals surface area contributed by atoms with E-state index in [2.05, 4.69) is 25.7 Å². The highest BCUT2D eigenvalue weighted by molar-refractivity contribution is 5.88. The van der Waals surface area contributed by atoms with Crippen molar-refractivity contribution in [1.82, 2.24) is 0 Å². The highest BCUT2D eigenvalue weighted by atomic mass is 16.5. The van der Waals surface area contributed by atoms with Crippen molar-refractivity contribution in [2.45, 2.75) is 39.8 Å². The first-order valence-electron chi connectivity index (χ1n) is 6.99. The Morgan fingerprint density at radius 3 is 2.30 bits per heavy atom. The third-order valence-corrected chi connectivity index (χ3v) is 3.59. The van der Waals surface area contributed by atoms with E-state index in [0.29, 0.717) is 6.61 Å². The molecule has 0 aliphatic carbocycles.